The Morgan fingerprint density at radius 3 is 1.91 bits per heavy atom. The number of fused-ring (bicyclic) bond motifs is 1. The van der Waals surface area contributed by atoms with Gasteiger partial charge in [-0.1, -0.05) is 58.0 Å². The molecule has 0 radical (unpaired) electrons. The van der Waals surface area contributed by atoms with Crippen molar-refractivity contribution >= 4 is 81.8 Å². The summed E-state index contributed by atoms with van der Waals surface area (Å²) >= 11 is 1.41. The number of carbonyl (C=O) groups is 10. The lowest BCUT2D eigenvalue weighted by Crippen LogP contribution is -2.59. The van der Waals surface area contributed by atoms with Crippen LogP contribution >= 0.6 is 11.8 Å². The number of aromatic nitrogens is 3. The van der Waals surface area contributed by atoms with Crippen LogP contribution < -0.4 is 54.0 Å². The van der Waals surface area contributed by atoms with Gasteiger partial charge in [-0.25, -0.2) is 9.78 Å². The number of primary amides is 1. The number of imidazole rings is 1. The molecule has 16 N–H and O–H groups in total. The second-order valence-electron chi connectivity index (χ2n) is 19.6. The van der Waals surface area contributed by atoms with Gasteiger partial charge in [0.1, 0.15) is 48.0 Å². The van der Waals surface area contributed by atoms with Crippen molar-refractivity contribution in [2.75, 3.05) is 18.6 Å². The third-order valence-corrected chi connectivity index (χ3v) is 13.0. The van der Waals surface area contributed by atoms with Gasteiger partial charge >= 0.3 is 5.97 Å². The van der Waals surface area contributed by atoms with Crippen molar-refractivity contribution in [2.45, 2.75) is 128 Å². The maximum absolute atomic E-state index is 14.2. The van der Waals surface area contributed by atoms with Gasteiger partial charge in [-0.15, -0.1) is 0 Å². The molecule has 0 saturated carbocycles. The Bertz CT molecular complexity index is 2700. The first-order chi connectivity index (χ1) is 36.9. The normalized spacial score (nSPS) is 14.3. The Morgan fingerprint density at radius 2 is 1.28 bits per heavy atom. The van der Waals surface area contributed by atoms with Crippen LogP contribution in [0.25, 0.3) is 10.9 Å². The second kappa shape index (κ2) is 30.7. The highest BCUT2D eigenvalue weighted by atomic mass is 32.2. The van der Waals surface area contributed by atoms with Crippen molar-refractivity contribution < 1.29 is 58.2 Å². The Kier molecular flexibility index (Phi) is 24.6. The number of nitrogens with one attached hydrogen (secondary N) is 10. The maximum Gasteiger partial charge on any atom is 0.326 e. The number of phenolic OH excluding ortho intramolecular Hbond substituents is 1. The number of aliphatic carboxylic acids is 1. The number of benzene rings is 2. The molecule has 4 rings (SSSR count). The van der Waals surface area contributed by atoms with Gasteiger partial charge in [-0.2, -0.15) is 11.8 Å². The maximum atomic E-state index is 14.2. The van der Waals surface area contributed by atoms with Crippen LogP contribution in [0.1, 0.15) is 77.1 Å². The Hall–Kier alpha value is -8.00. The number of carboxylic acids is 1. The van der Waals surface area contributed by atoms with Crippen LogP contribution in [0.3, 0.4) is 0 Å². The largest absolute Gasteiger partial charge is 0.508 e. The number of aromatic hydroxyl groups is 1. The van der Waals surface area contributed by atoms with Crippen LogP contribution in [0.2, 0.25) is 0 Å². The molecular weight excluding hydrogens is 1030 g/mol. The summed E-state index contributed by atoms with van der Waals surface area (Å²) in [5.74, 6) is -8.56. The minimum absolute atomic E-state index is 0.0121. The lowest BCUT2D eigenvalue weighted by atomic mass is 10.0. The summed E-state index contributed by atoms with van der Waals surface area (Å²) in [5.41, 5.74) is 14.0. The van der Waals surface area contributed by atoms with E-state index in [0.29, 0.717) is 22.6 Å². The lowest BCUT2D eigenvalue weighted by Gasteiger charge is -2.27. The minimum Gasteiger partial charge on any atom is -0.508 e. The van der Waals surface area contributed by atoms with Gasteiger partial charge in [0, 0.05) is 48.3 Å². The van der Waals surface area contributed by atoms with E-state index in [0.717, 1.165) is 10.9 Å². The zero-order valence-corrected chi connectivity index (χ0v) is 45.3. The molecule has 0 spiro atoms. The Morgan fingerprint density at radius 1 is 0.667 bits per heavy atom. The summed E-state index contributed by atoms with van der Waals surface area (Å²) in [6, 6.07) is 3.03. The molecule has 0 aliphatic heterocycles. The van der Waals surface area contributed by atoms with E-state index in [1.54, 1.807) is 56.6 Å². The van der Waals surface area contributed by atoms with E-state index in [9.17, 15) is 58.2 Å². The van der Waals surface area contributed by atoms with Gasteiger partial charge in [0.15, 0.2) is 0 Å². The first-order valence-corrected chi connectivity index (χ1v) is 26.8. The molecule has 0 saturated heterocycles. The smallest absolute Gasteiger partial charge is 0.326 e. The average molecular weight is 1100 g/mol. The van der Waals surface area contributed by atoms with Crippen LogP contribution in [0.4, 0.5) is 0 Å². The number of thioether (sulfide) groups is 1. The van der Waals surface area contributed by atoms with Crippen LogP contribution in [0, 0.1) is 11.8 Å². The highest BCUT2D eigenvalue weighted by molar-refractivity contribution is 7.98. The molecule has 424 valence electrons. The number of carboxylic acid groups (broad SMARTS) is 1. The van der Waals surface area contributed by atoms with Crippen molar-refractivity contribution in [3.63, 3.8) is 0 Å². The number of hydrogen-bond acceptors (Lipinski definition) is 14. The molecule has 0 unspecified atom stereocenters. The van der Waals surface area contributed by atoms with Crippen molar-refractivity contribution in [1.29, 1.82) is 0 Å². The van der Waals surface area contributed by atoms with Gasteiger partial charge < -0.3 is 74.2 Å². The molecule has 2 aromatic heterocycles. The molecular formula is C52H73N13O12S. The van der Waals surface area contributed by atoms with E-state index in [2.05, 4.69) is 57.5 Å². The quantitative estimate of drug-likeness (QED) is 0.0287. The van der Waals surface area contributed by atoms with E-state index < -0.39 is 120 Å². The second-order valence-corrected chi connectivity index (χ2v) is 20.6. The lowest BCUT2D eigenvalue weighted by molar-refractivity contribution is -0.142. The fraction of sp³-hybridized carbons (Fsp3) is 0.481. The third-order valence-electron chi connectivity index (χ3n) is 12.4. The van der Waals surface area contributed by atoms with E-state index in [1.807, 2.05) is 19.9 Å². The van der Waals surface area contributed by atoms with E-state index in [1.165, 1.54) is 43.3 Å². The number of H-pyrrole nitrogens is 2. The zero-order chi connectivity index (χ0) is 57.6. The van der Waals surface area contributed by atoms with Crippen molar-refractivity contribution in [3.8, 4) is 5.75 Å². The van der Waals surface area contributed by atoms with Gasteiger partial charge in [-0.05, 0) is 85.8 Å². The minimum atomic E-state index is -1.39. The van der Waals surface area contributed by atoms with Crippen LogP contribution in [-0.4, -0.2) is 151 Å². The number of nitrogens with zero attached hydrogens (tertiary/aromatic N) is 1. The molecule has 9 amide bonds. The molecule has 0 aliphatic carbocycles. The predicted molar refractivity (Wildman–Crippen MR) is 290 cm³/mol. The van der Waals surface area contributed by atoms with Gasteiger partial charge in [0.25, 0.3) is 0 Å². The molecule has 25 nitrogen and oxygen atoms in total. The molecule has 2 heterocycles. The summed E-state index contributed by atoms with van der Waals surface area (Å²) in [6.45, 7) is 7.58. The monoisotopic (exact) mass is 1100 g/mol. The first kappa shape index (κ1) is 62.5. The molecule has 26 heteroatoms. The summed E-state index contributed by atoms with van der Waals surface area (Å²) < 4.78 is 0. The third kappa shape index (κ3) is 20.2. The van der Waals surface area contributed by atoms with Gasteiger partial charge in [-0.3, -0.25) is 43.2 Å². The molecule has 0 fully saturated rings. The fourth-order valence-corrected chi connectivity index (χ4v) is 8.57. The van der Waals surface area contributed by atoms with Crippen LogP contribution in [0.5, 0.6) is 5.75 Å². The van der Waals surface area contributed by atoms with Gasteiger partial charge in [0.2, 0.25) is 53.2 Å². The number of amides is 9. The zero-order valence-electron chi connectivity index (χ0n) is 44.5. The van der Waals surface area contributed by atoms with Crippen molar-refractivity contribution in [1.82, 2.24) is 57.5 Å². The summed E-state index contributed by atoms with van der Waals surface area (Å²) in [5, 5.41) is 40.7. The SMILES string of the molecule is CSCC[C@H](NC(=O)[C@H](CC(C)C)NC(=O)[C@H](Cc1cnc[nH]1)NC(=O)CNC(=O)[C@@H](NC(=O)[C@H](C)NC(=O)[C@H](Cc1c[nH]c2ccccc12)NC(=O)[C@H](CCC(N)=O)NC(=O)[C@H](N)Cc1ccc(O)cc1)C(C)C)C(=O)O. The Labute approximate surface area is 455 Å². The van der Waals surface area contributed by atoms with Crippen molar-refractivity contribution in [2.24, 2.45) is 23.3 Å². The van der Waals surface area contributed by atoms with Crippen LogP contribution in [0.15, 0.2) is 67.3 Å². The summed E-state index contributed by atoms with van der Waals surface area (Å²) in [4.78, 5) is 143. The van der Waals surface area contributed by atoms with Crippen LogP contribution in [-0.2, 0) is 67.2 Å². The molecule has 4 aromatic rings. The van der Waals surface area contributed by atoms with E-state index in [4.69, 9.17) is 11.5 Å². The number of carbonyl (C=O) groups excluding carboxylic acids is 9. The molecule has 2 aromatic carbocycles. The first-order valence-electron chi connectivity index (χ1n) is 25.4. The molecule has 78 heavy (non-hydrogen) atoms. The van der Waals surface area contributed by atoms with E-state index in [-0.39, 0.29) is 56.6 Å². The Balaban J connectivity index is 1.45. The van der Waals surface area contributed by atoms with E-state index >= 15 is 0 Å². The highest BCUT2D eigenvalue weighted by Gasteiger charge is 2.34. The number of nitrogens with two attached hydrogens (primary N) is 2. The molecule has 8 atom stereocenters. The highest BCUT2D eigenvalue weighted by Crippen LogP contribution is 2.20. The predicted octanol–water partition coefficient (Wildman–Crippen LogP) is -0.713. The van der Waals surface area contributed by atoms with Gasteiger partial charge in [0.05, 0.1) is 18.9 Å². The topological polar surface area (TPSA) is 404 Å². The number of para-hydroxylation sites is 1. The molecule has 0 aliphatic rings. The molecule has 0 bridgehead atoms. The number of aromatic amines is 2. The number of phenols is 1. The fourth-order valence-electron chi connectivity index (χ4n) is 8.10. The standard InChI is InChI=1S/C52H73N13O12S/c1-27(2)19-39(49(73)62-38(52(76)77)17-18-78-6)63-50(74)41(22-32-24-55-26-58-32)60-43(68)25-57-51(75)44(28(3)4)65-45(69)29(5)59-48(72)40(21-31-23-56-36-10-8-7-9-34(31)36)64-47(71)37(15-16-42(54)67)61-46(70)35(53)20-30-11-13-33(66)14-12-30/h7-14,23-24,26-29,35,37-41,44,56,66H,15-22,25,53H2,1-6H3,(H2,54,67)(H,55,58)(H,57,75)(H,59,72)(H,60,68)(H,61,70)(H,62,73)(H,63,74)(H,64,71)(H,65,69)(H,76,77)/t29-,35+,37-,38-,39-,40-,41-,44-/m0/s1. The summed E-state index contributed by atoms with van der Waals surface area (Å²) in [7, 11) is 0. The summed E-state index contributed by atoms with van der Waals surface area (Å²) in [6.07, 6.45) is 5.78. The number of rotatable bonds is 32. The van der Waals surface area contributed by atoms with Crippen molar-refractivity contribution in [3.05, 3.63) is 84.1 Å². The number of hydrogen-bond donors (Lipinski definition) is 14. The average Bonchev–Trinajstić information content (AvgIpc) is 4.07.